The lowest BCUT2D eigenvalue weighted by Crippen LogP contribution is -2.59. The molecule has 0 bridgehead atoms. The van der Waals surface area contributed by atoms with Crippen LogP contribution in [0.5, 0.6) is 0 Å². The molecule has 1 aromatic heterocycles. The molecule has 3 N–H and O–H groups in total. The van der Waals surface area contributed by atoms with E-state index in [1.54, 1.807) is 0 Å². The highest BCUT2D eigenvalue weighted by atomic mass is 35.5. The summed E-state index contributed by atoms with van der Waals surface area (Å²) < 4.78 is 0. The molecule has 0 radical (unpaired) electrons. The second-order valence-corrected chi connectivity index (χ2v) is 11.2. The third kappa shape index (κ3) is 5.48. The van der Waals surface area contributed by atoms with Crippen molar-refractivity contribution in [3.8, 4) is 0 Å². The number of hydrogen-bond donors (Lipinski definition) is 2. The molecule has 5 rings (SSSR count). The largest absolute Gasteiger partial charge is 0.369 e. The Labute approximate surface area is 223 Å². The lowest BCUT2D eigenvalue weighted by Gasteiger charge is -2.49. The van der Waals surface area contributed by atoms with Gasteiger partial charge in [0.1, 0.15) is 6.17 Å². The van der Waals surface area contributed by atoms with Crippen LogP contribution < -0.4 is 10.6 Å². The Morgan fingerprint density at radius 2 is 2.00 bits per heavy atom. The third-order valence-electron chi connectivity index (χ3n) is 7.88. The molecule has 3 heterocycles. The molecule has 2 amide bonds. The molecule has 8 heteroatoms. The maximum atomic E-state index is 13.7. The molecule has 0 saturated carbocycles. The highest BCUT2D eigenvalue weighted by Gasteiger charge is 2.40. The number of anilines is 1. The summed E-state index contributed by atoms with van der Waals surface area (Å²) in [7, 11) is 4.18. The SMILES string of the molecule is CN(C)CC1Cc2ccc(Cl)cc2N([C@H]2CC(C(N)=O)CCN2C(=O)CCc2c[nH]c3ccccc23)C1. The van der Waals surface area contributed by atoms with Crippen LogP contribution in [0.3, 0.4) is 0 Å². The first-order valence-corrected chi connectivity index (χ1v) is 13.5. The standard InChI is InChI=1S/C29H36ClN5O2/c1-33(2)17-19-13-20-7-9-23(30)15-26(20)35(18-19)27-14-21(29(31)37)11-12-34(27)28(36)10-8-22-16-32-25-6-4-3-5-24(22)25/h3-7,9,15-16,19,21,27,32H,8,10-14,17-18H2,1-2H3,(H2,31,37)/t19?,21?,27-/m0/s1. The maximum absolute atomic E-state index is 13.7. The lowest BCUT2D eigenvalue weighted by molar-refractivity contribution is -0.138. The number of carbonyl (C=O) groups excluding carboxylic acids is 2. The molecule has 0 aliphatic carbocycles. The van der Waals surface area contributed by atoms with Gasteiger partial charge in [-0.3, -0.25) is 9.59 Å². The minimum atomic E-state index is -0.288. The summed E-state index contributed by atoms with van der Waals surface area (Å²) in [5, 5.41) is 1.83. The van der Waals surface area contributed by atoms with E-state index in [1.807, 2.05) is 41.4 Å². The topological polar surface area (TPSA) is 85.7 Å². The van der Waals surface area contributed by atoms with Gasteiger partial charge in [0, 0.05) is 59.8 Å². The first-order valence-electron chi connectivity index (χ1n) is 13.1. The van der Waals surface area contributed by atoms with Crippen LogP contribution in [0.15, 0.2) is 48.7 Å². The smallest absolute Gasteiger partial charge is 0.224 e. The van der Waals surface area contributed by atoms with Crippen LogP contribution in [0.1, 0.15) is 30.4 Å². The first-order chi connectivity index (χ1) is 17.8. The fourth-order valence-electron chi connectivity index (χ4n) is 6.16. The molecule has 2 unspecified atom stereocenters. The van der Waals surface area contributed by atoms with Gasteiger partial charge in [-0.2, -0.15) is 0 Å². The van der Waals surface area contributed by atoms with Crippen LogP contribution in [-0.4, -0.2) is 66.5 Å². The second-order valence-electron chi connectivity index (χ2n) is 10.8. The number of aryl methyl sites for hydroxylation is 1. The van der Waals surface area contributed by atoms with E-state index in [2.05, 4.69) is 41.0 Å². The number of para-hydroxylation sites is 1. The molecule has 7 nitrogen and oxygen atoms in total. The summed E-state index contributed by atoms with van der Waals surface area (Å²) in [5.41, 5.74) is 10.3. The molecule has 2 aliphatic rings. The molecule has 0 spiro atoms. The summed E-state index contributed by atoms with van der Waals surface area (Å²) in [5.74, 6) is -0.0269. The van der Waals surface area contributed by atoms with Gasteiger partial charge < -0.3 is 25.4 Å². The monoisotopic (exact) mass is 521 g/mol. The van der Waals surface area contributed by atoms with Crippen molar-refractivity contribution in [1.29, 1.82) is 0 Å². The van der Waals surface area contributed by atoms with Crippen LogP contribution in [0.25, 0.3) is 10.9 Å². The highest BCUT2D eigenvalue weighted by molar-refractivity contribution is 6.30. The number of nitrogens with zero attached hydrogens (tertiary/aromatic N) is 3. The number of hydrogen-bond acceptors (Lipinski definition) is 4. The predicted octanol–water partition coefficient (Wildman–Crippen LogP) is 4.04. The van der Waals surface area contributed by atoms with Crippen LogP contribution in [0.4, 0.5) is 5.69 Å². The van der Waals surface area contributed by atoms with Gasteiger partial charge in [0.15, 0.2) is 0 Å². The number of nitrogens with one attached hydrogen (secondary N) is 1. The molecule has 1 saturated heterocycles. The molecular weight excluding hydrogens is 486 g/mol. The van der Waals surface area contributed by atoms with Gasteiger partial charge in [-0.1, -0.05) is 35.9 Å². The number of H-pyrrole nitrogens is 1. The average molecular weight is 522 g/mol. The molecule has 2 aliphatic heterocycles. The van der Waals surface area contributed by atoms with E-state index in [1.165, 1.54) is 5.56 Å². The number of primary amides is 1. The van der Waals surface area contributed by atoms with Crippen LogP contribution >= 0.6 is 11.6 Å². The van der Waals surface area contributed by atoms with Crippen LogP contribution in [-0.2, 0) is 22.4 Å². The predicted molar refractivity (Wildman–Crippen MR) is 149 cm³/mol. The van der Waals surface area contributed by atoms with Crippen molar-refractivity contribution >= 4 is 40.0 Å². The van der Waals surface area contributed by atoms with E-state index >= 15 is 0 Å². The van der Waals surface area contributed by atoms with Gasteiger partial charge in [-0.05, 0) is 75.0 Å². The highest BCUT2D eigenvalue weighted by Crippen LogP contribution is 2.38. The number of nitrogens with two attached hydrogens (primary N) is 1. The van der Waals surface area contributed by atoms with E-state index < -0.39 is 0 Å². The van der Waals surface area contributed by atoms with Crippen molar-refractivity contribution in [2.75, 3.05) is 38.6 Å². The molecule has 1 fully saturated rings. The zero-order chi connectivity index (χ0) is 26.1. The fourth-order valence-corrected chi connectivity index (χ4v) is 6.33. The normalized spacial score (nSPS) is 21.9. The maximum Gasteiger partial charge on any atom is 0.224 e. The summed E-state index contributed by atoms with van der Waals surface area (Å²) in [6.45, 7) is 2.27. The van der Waals surface area contributed by atoms with Crippen molar-refractivity contribution in [2.45, 2.75) is 38.3 Å². The van der Waals surface area contributed by atoms with E-state index in [0.29, 0.717) is 43.2 Å². The Morgan fingerprint density at radius 3 is 2.78 bits per heavy atom. The van der Waals surface area contributed by atoms with Crippen LogP contribution in [0.2, 0.25) is 5.02 Å². The van der Waals surface area contributed by atoms with Crippen LogP contribution in [0, 0.1) is 11.8 Å². The van der Waals surface area contributed by atoms with Crippen molar-refractivity contribution in [3.05, 3.63) is 64.8 Å². The summed E-state index contributed by atoms with van der Waals surface area (Å²) in [4.78, 5) is 35.8. The summed E-state index contributed by atoms with van der Waals surface area (Å²) >= 11 is 6.44. The zero-order valence-corrected chi connectivity index (χ0v) is 22.4. The molecule has 196 valence electrons. The molecule has 3 atom stereocenters. The number of fused-ring (bicyclic) bond motifs is 2. The molecular formula is C29H36ClN5O2. The fraction of sp³-hybridized carbons (Fsp3) is 0.448. The number of carbonyl (C=O) groups is 2. The van der Waals surface area contributed by atoms with Crippen molar-refractivity contribution < 1.29 is 9.59 Å². The minimum Gasteiger partial charge on any atom is -0.369 e. The first kappa shape index (κ1) is 25.6. The van der Waals surface area contributed by atoms with E-state index in [9.17, 15) is 9.59 Å². The zero-order valence-electron chi connectivity index (χ0n) is 21.6. The Hall–Kier alpha value is -3.03. The Kier molecular flexibility index (Phi) is 7.45. The van der Waals surface area contributed by atoms with Gasteiger partial charge in [-0.25, -0.2) is 0 Å². The number of likely N-dealkylation sites (tertiary alicyclic amines) is 1. The quantitative estimate of drug-likeness (QED) is 0.491. The Balaban J connectivity index is 1.42. The Morgan fingerprint density at radius 1 is 1.19 bits per heavy atom. The summed E-state index contributed by atoms with van der Waals surface area (Å²) in [6, 6.07) is 14.2. The second kappa shape index (κ2) is 10.8. The number of aromatic nitrogens is 1. The van der Waals surface area contributed by atoms with Gasteiger partial charge in [0.05, 0.1) is 0 Å². The van der Waals surface area contributed by atoms with E-state index in [-0.39, 0.29) is 23.9 Å². The van der Waals surface area contributed by atoms with Gasteiger partial charge in [0.2, 0.25) is 11.8 Å². The Bertz CT molecular complexity index is 1290. The minimum absolute atomic E-state index is 0.108. The van der Waals surface area contributed by atoms with Crippen molar-refractivity contribution in [1.82, 2.24) is 14.8 Å². The third-order valence-corrected chi connectivity index (χ3v) is 8.12. The lowest BCUT2D eigenvalue weighted by atomic mass is 9.88. The van der Waals surface area contributed by atoms with E-state index in [0.717, 1.165) is 41.7 Å². The van der Waals surface area contributed by atoms with Gasteiger partial charge in [-0.15, -0.1) is 0 Å². The molecule has 3 aromatic rings. The number of amides is 2. The van der Waals surface area contributed by atoms with E-state index in [4.69, 9.17) is 17.3 Å². The van der Waals surface area contributed by atoms with Gasteiger partial charge in [0.25, 0.3) is 0 Å². The average Bonchev–Trinajstić information content (AvgIpc) is 3.29. The van der Waals surface area contributed by atoms with Gasteiger partial charge >= 0.3 is 0 Å². The number of halogens is 1. The van der Waals surface area contributed by atoms with Crippen molar-refractivity contribution in [3.63, 3.8) is 0 Å². The molecule has 37 heavy (non-hydrogen) atoms. The number of benzene rings is 2. The molecule has 2 aromatic carbocycles. The number of piperidine rings is 1. The number of rotatable bonds is 7. The number of aromatic amines is 1. The summed E-state index contributed by atoms with van der Waals surface area (Å²) in [6.07, 6.45) is 4.94. The van der Waals surface area contributed by atoms with Crippen molar-refractivity contribution in [2.24, 2.45) is 17.6 Å².